The number of phosphoric ester groups is 2. The Bertz CT molecular complexity index is 1800. The topological polar surface area (TPSA) is 237 Å². The summed E-state index contributed by atoms with van der Waals surface area (Å²) in [6.07, 6.45) is 52.5. The van der Waals surface area contributed by atoms with Crippen molar-refractivity contribution in [3.8, 4) is 0 Å². The first-order valence-corrected chi connectivity index (χ1v) is 41.5. The molecule has 0 aliphatic rings. The van der Waals surface area contributed by atoms with Gasteiger partial charge in [-0.05, 0) is 37.5 Å². The number of esters is 4. The maximum atomic E-state index is 13.1. The number of hydrogen-bond acceptors (Lipinski definition) is 15. The van der Waals surface area contributed by atoms with E-state index in [4.69, 9.17) is 37.0 Å². The molecule has 2 unspecified atom stereocenters. The fraction of sp³-hybridized carbons (Fsp3) is 0.946. The molecule has 17 nitrogen and oxygen atoms in total. The van der Waals surface area contributed by atoms with Crippen LogP contribution in [0.15, 0.2) is 0 Å². The van der Waals surface area contributed by atoms with Gasteiger partial charge in [0, 0.05) is 25.7 Å². The molecule has 0 aromatic heterocycles. The Labute approximate surface area is 568 Å². The predicted octanol–water partition coefficient (Wildman–Crippen LogP) is 21.6. The lowest BCUT2D eigenvalue weighted by Crippen LogP contribution is -2.30. The molecule has 0 aliphatic heterocycles. The summed E-state index contributed by atoms with van der Waals surface area (Å²) < 4.78 is 68.5. The Morgan fingerprint density at radius 3 is 0.731 bits per heavy atom. The SMILES string of the molecule is CCCCCCCCCCCCCCCC(=O)O[C@H](COC(=O)CCCCCCCCCCCCCC)COP(=O)(O)OC[C@H](O)COP(=O)(O)OC[C@@H](COC(=O)CCCCCCCCCCCCC(C)C)OC(=O)CCCCCCCCCCCCCCC(C)C. The van der Waals surface area contributed by atoms with Gasteiger partial charge in [0.1, 0.15) is 19.3 Å². The molecule has 0 radical (unpaired) electrons. The first kappa shape index (κ1) is 91.1. The van der Waals surface area contributed by atoms with Crippen molar-refractivity contribution >= 4 is 39.5 Å². The molecule has 0 rings (SSSR count). The van der Waals surface area contributed by atoms with Gasteiger partial charge in [0.05, 0.1) is 26.4 Å². The zero-order valence-corrected chi connectivity index (χ0v) is 62.3. The number of phosphoric acid groups is 2. The Hall–Kier alpha value is -1.94. The third-order valence-corrected chi connectivity index (χ3v) is 19.1. The van der Waals surface area contributed by atoms with Crippen molar-refractivity contribution in [2.45, 2.75) is 400 Å². The second-order valence-corrected chi connectivity index (χ2v) is 30.5. The highest BCUT2D eigenvalue weighted by atomic mass is 31.2. The van der Waals surface area contributed by atoms with E-state index in [1.165, 1.54) is 199 Å². The van der Waals surface area contributed by atoms with Crippen LogP contribution in [0.25, 0.3) is 0 Å². The molecule has 552 valence electrons. The van der Waals surface area contributed by atoms with E-state index in [2.05, 4.69) is 41.5 Å². The average molecular weight is 1370 g/mol. The van der Waals surface area contributed by atoms with Crippen LogP contribution in [-0.4, -0.2) is 96.7 Å². The summed E-state index contributed by atoms with van der Waals surface area (Å²) >= 11 is 0. The van der Waals surface area contributed by atoms with E-state index in [0.717, 1.165) is 102 Å². The van der Waals surface area contributed by atoms with Gasteiger partial charge in [-0.25, -0.2) is 9.13 Å². The van der Waals surface area contributed by atoms with E-state index >= 15 is 0 Å². The van der Waals surface area contributed by atoms with E-state index < -0.39 is 97.5 Å². The molecule has 0 saturated heterocycles. The summed E-state index contributed by atoms with van der Waals surface area (Å²) in [5.41, 5.74) is 0. The molecule has 0 saturated carbocycles. The molecular formula is C74H144O17P2. The maximum Gasteiger partial charge on any atom is 0.472 e. The highest BCUT2D eigenvalue weighted by molar-refractivity contribution is 7.47. The number of carbonyl (C=O) groups is 4. The molecule has 0 fully saturated rings. The summed E-state index contributed by atoms with van der Waals surface area (Å²) in [7, 11) is -9.91. The number of unbranched alkanes of at least 4 members (excludes halogenated alkanes) is 43. The van der Waals surface area contributed by atoms with Crippen LogP contribution in [-0.2, 0) is 65.4 Å². The van der Waals surface area contributed by atoms with Crippen molar-refractivity contribution in [3.63, 3.8) is 0 Å². The minimum Gasteiger partial charge on any atom is -0.462 e. The lowest BCUT2D eigenvalue weighted by molar-refractivity contribution is -0.161. The summed E-state index contributed by atoms with van der Waals surface area (Å²) in [6, 6.07) is 0. The summed E-state index contributed by atoms with van der Waals surface area (Å²) in [5.74, 6) is -0.580. The second-order valence-electron chi connectivity index (χ2n) is 27.6. The molecule has 19 heteroatoms. The van der Waals surface area contributed by atoms with E-state index in [-0.39, 0.29) is 25.7 Å². The van der Waals surface area contributed by atoms with Crippen LogP contribution >= 0.6 is 15.6 Å². The first-order valence-electron chi connectivity index (χ1n) is 38.5. The minimum atomic E-state index is -4.95. The monoisotopic (exact) mass is 1370 g/mol. The number of aliphatic hydroxyl groups excluding tert-OH is 1. The third-order valence-electron chi connectivity index (χ3n) is 17.2. The fourth-order valence-electron chi connectivity index (χ4n) is 11.3. The Morgan fingerprint density at radius 1 is 0.290 bits per heavy atom. The van der Waals surface area contributed by atoms with Crippen LogP contribution in [0.5, 0.6) is 0 Å². The van der Waals surface area contributed by atoms with Crippen LogP contribution < -0.4 is 0 Å². The lowest BCUT2D eigenvalue weighted by Gasteiger charge is -2.21. The van der Waals surface area contributed by atoms with Crippen LogP contribution in [0.3, 0.4) is 0 Å². The van der Waals surface area contributed by atoms with Gasteiger partial charge in [-0.15, -0.1) is 0 Å². The van der Waals surface area contributed by atoms with Crippen LogP contribution in [0.1, 0.15) is 382 Å². The zero-order valence-electron chi connectivity index (χ0n) is 60.6. The predicted molar refractivity (Wildman–Crippen MR) is 377 cm³/mol. The van der Waals surface area contributed by atoms with Gasteiger partial charge in [-0.2, -0.15) is 0 Å². The Kier molecular flexibility index (Phi) is 64.6. The fourth-order valence-corrected chi connectivity index (χ4v) is 12.9. The normalized spacial score (nSPS) is 14.1. The number of carbonyl (C=O) groups excluding carboxylic acids is 4. The van der Waals surface area contributed by atoms with Crippen molar-refractivity contribution in [1.29, 1.82) is 0 Å². The van der Waals surface area contributed by atoms with Crippen molar-refractivity contribution in [3.05, 3.63) is 0 Å². The summed E-state index contributed by atoms with van der Waals surface area (Å²) in [4.78, 5) is 72.8. The number of aliphatic hydroxyl groups is 1. The Balaban J connectivity index is 5.26. The summed E-state index contributed by atoms with van der Waals surface area (Å²) in [6.45, 7) is 9.59. The van der Waals surface area contributed by atoms with Crippen LogP contribution in [0.2, 0.25) is 0 Å². The molecule has 0 aromatic carbocycles. The smallest absolute Gasteiger partial charge is 0.462 e. The van der Waals surface area contributed by atoms with Crippen LogP contribution in [0, 0.1) is 11.8 Å². The van der Waals surface area contributed by atoms with Gasteiger partial charge >= 0.3 is 39.5 Å². The summed E-state index contributed by atoms with van der Waals surface area (Å²) in [5, 5.41) is 10.6. The van der Waals surface area contributed by atoms with Crippen molar-refractivity contribution < 1.29 is 80.2 Å². The molecular weight excluding hydrogens is 1220 g/mol. The molecule has 0 aliphatic carbocycles. The van der Waals surface area contributed by atoms with Crippen LogP contribution in [0.4, 0.5) is 0 Å². The van der Waals surface area contributed by atoms with E-state index in [9.17, 15) is 43.2 Å². The van der Waals surface area contributed by atoms with Gasteiger partial charge < -0.3 is 33.8 Å². The highest BCUT2D eigenvalue weighted by Gasteiger charge is 2.30. The lowest BCUT2D eigenvalue weighted by atomic mass is 10.0. The molecule has 3 N–H and O–H groups in total. The molecule has 0 amide bonds. The largest absolute Gasteiger partial charge is 0.472 e. The minimum absolute atomic E-state index is 0.107. The molecule has 0 bridgehead atoms. The molecule has 93 heavy (non-hydrogen) atoms. The quantitative estimate of drug-likeness (QED) is 0.0222. The Morgan fingerprint density at radius 2 is 0.495 bits per heavy atom. The van der Waals surface area contributed by atoms with E-state index in [1.807, 2.05) is 0 Å². The second kappa shape index (κ2) is 66.0. The molecule has 0 aromatic rings. The van der Waals surface area contributed by atoms with Gasteiger partial charge in [-0.3, -0.25) is 37.3 Å². The molecule has 0 spiro atoms. The van der Waals surface area contributed by atoms with E-state index in [1.54, 1.807) is 0 Å². The first-order chi connectivity index (χ1) is 44.9. The highest BCUT2D eigenvalue weighted by Crippen LogP contribution is 2.45. The van der Waals surface area contributed by atoms with Crippen molar-refractivity contribution in [1.82, 2.24) is 0 Å². The van der Waals surface area contributed by atoms with Gasteiger partial charge in [0.15, 0.2) is 12.2 Å². The number of hydrogen-bond donors (Lipinski definition) is 3. The number of rotatable bonds is 73. The standard InChI is InChI=1S/C74H144O17P2/c1-7-9-11-13-15-17-19-21-26-34-40-46-52-58-73(78)90-69(62-84-71(76)56-50-44-38-32-25-20-18-16-14-12-10-8-2)64-88-92(80,81)86-60-68(75)61-87-93(82,83)89-65-70(63-85-72(77)57-51-45-39-33-29-28-31-37-43-49-55-67(5)6)91-74(79)59-53-47-41-35-27-23-22-24-30-36-42-48-54-66(3)4/h66-70,75H,7-65H2,1-6H3,(H,80,81)(H,82,83)/t68-,69+,70+/m0/s1. The molecule has 0 heterocycles. The van der Waals surface area contributed by atoms with Gasteiger partial charge in [-0.1, -0.05) is 330 Å². The van der Waals surface area contributed by atoms with Crippen molar-refractivity contribution in [2.24, 2.45) is 11.8 Å². The van der Waals surface area contributed by atoms with E-state index in [0.29, 0.717) is 25.7 Å². The average Bonchev–Trinajstić information content (AvgIpc) is 2.05. The van der Waals surface area contributed by atoms with Crippen molar-refractivity contribution in [2.75, 3.05) is 39.6 Å². The maximum absolute atomic E-state index is 13.1. The zero-order chi connectivity index (χ0) is 68.6. The van der Waals surface area contributed by atoms with Gasteiger partial charge in [0.25, 0.3) is 0 Å². The molecule has 5 atom stereocenters. The number of ether oxygens (including phenoxy) is 4. The van der Waals surface area contributed by atoms with Gasteiger partial charge in [0.2, 0.25) is 0 Å². The third kappa shape index (κ3) is 68.4.